The average molecular weight is 335 g/mol. The molecule has 3 aliphatic rings. The minimum Gasteiger partial charge on any atom is -0.349 e. The highest BCUT2D eigenvalue weighted by Crippen LogP contribution is 2.44. The van der Waals surface area contributed by atoms with Gasteiger partial charge in [0.25, 0.3) is 0 Å². The van der Waals surface area contributed by atoms with E-state index < -0.39 is 0 Å². The number of hydrogen-bond donors (Lipinski definition) is 2. The number of aryl methyl sites for hydroxylation is 2. The van der Waals surface area contributed by atoms with Gasteiger partial charge >= 0.3 is 0 Å². The summed E-state index contributed by atoms with van der Waals surface area (Å²) in [5.74, 6) is 0.848. The lowest BCUT2D eigenvalue weighted by molar-refractivity contribution is -0.134. The van der Waals surface area contributed by atoms with Crippen molar-refractivity contribution < 1.29 is 4.79 Å². The lowest BCUT2D eigenvalue weighted by Gasteiger charge is -2.38. The summed E-state index contributed by atoms with van der Waals surface area (Å²) in [6, 6.07) is 6.88. The molecular weight excluding hydrogens is 308 g/mol. The van der Waals surface area contributed by atoms with Gasteiger partial charge in [0.15, 0.2) is 0 Å². The van der Waals surface area contributed by atoms with Crippen LogP contribution in [0.2, 0.25) is 0 Å². The fourth-order valence-corrected chi connectivity index (χ4v) is 4.89. The van der Waals surface area contributed by atoms with Gasteiger partial charge in [-0.3, -0.25) is 4.79 Å². The van der Waals surface area contributed by atoms with Crippen molar-refractivity contribution in [3.05, 3.63) is 34.9 Å². The minimum absolute atomic E-state index is 0. The van der Waals surface area contributed by atoms with Crippen LogP contribution in [0.25, 0.3) is 0 Å². The lowest BCUT2D eigenvalue weighted by atomic mass is 9.67. The van der Waals surface area contributed by atoms with Gasteiger partial charge in [0, 0.05) is 6.54 Å². The molecule has 0 aromatic heterocycles. The summed E-state index contributed by atoms with van der Waals surface area (Å²) in [5, 5.41) is 6.88. The maximum atomic E-state index is 13.1. The summed E-state index contributed by atoms with van der Waals surface area (Å²) < 4.78 is 0. The first-order valence-corrected chi connectivity index (χ1v) is 8.80. The zero-order chi connectivity index (χ0) is 15.2. The van der Waals surface area contributed by atoms with Crippen molar-refractivity contribution in [3.63, 3.8) is 0 Å². The normalized spacial score (nSPS) is 31.9. The van der Waals surface area contributed by atoms with E-state index in [9.17, 15) is 4.79 Å². The third kappa shape index (κ3) is 2.78. The summed E-state index contributed by atoms with van der Waals surface area (Å²) in [5.41, 5.74) is 3.95. The van der Waals surface area contributed by atoms with Crippen LogP contribution in [-0.2, 0) is 11.2 Å². The molecule has 4 heteroatoms. The van der Waals surface area contributed by atoms with Crippen LogP contribution in [0, 0.1) is 18.3 Å². The number of amides is 1. The van der Waals surface area contributed by atoms with Gasteiger partial charge in [-0.05, 0) is 56.2 Å². The highest BCUT2D eigenvalue weighted by atomic mass is 35.5. The van der Waals surface area contributed by atoms with Crippen LogP contribution in [0.1, 0.15) is 54.8 Å². The number of carbonyl (C=O) groups is 1. The summed E-state index contributed by atoms with van der Waals surface area (Å²) in [4.78, 5) is 13.1. The van der Waals surface area contributed by atoms with E-state index in [2.05, 4.69) is 35.8 Å². The predicted octanol–water partition coefficient (Wildman–Crippen LogP) is 3.30. The van der Waals surface area contributed by atoms with E-state index in [4.69, 9.17) is 0 Å². The first-order chi connectivity index (χ1) is 10.7. The standard InChI is InChI=1S/C19H26N2O.ClH/c1-13-5-7-16-14(10-13)6-8-17(16)21-18(22)19-9-3-2-4-15(19)11-20-12-19;/h5,7,10,15,17,20H,2-4,6,8-9,11-12H2,1H3,(H,21,22);1H/t15-,17?,19+;/m0./s1. The fraction of sp³-hybridized carbons (Fsp3) is 0.632. The van der Waals surface area contributed by atoms with Crippen molar-refractivity contribution in [2.75, 3.05) is 13.1 Å². The smallest absolute Gasteiger partial charge is 0.228 e. The number of carbonyl (C=O) groups excluding carboxylic acids is 1. The highest BCUT2D eigenvalue weighted by molar-refractivity contribution is 5.85. The average Bonchev–Trinajstić information content (AvgIpc) is 3.12. The number of benzene rings is 1. The minimum atomic E-state index is -0.133. The molecule has 0 spiro atoms. The van der Waals surface area contributed by atoms with Gasteiger partial charge < -0.3 is 10.6 Å². The quantitative estimate of drug-likeness (QED) is 0.871. The Morgan fingerprint density at radius 3 is 3.04 bits per heavy atom. The van der Waals surface area contributed by atoms with Crippen molar-refractivity contribution in [2.24, 2.45) is 11.3 Å². The second-order valence-corrected chi connectivity index (χ2v) is 7.50. The number of fused-ring (bicyclic) bond motifs is 2. The molecule has 1 aliphatic heterocycles. The van der Waals surface area contributed by atoms with Gasteiger partial charge in [-0.2, -0.15) is 0 Å². The van der Waals surface area contributed by atoms with Crippen molar-refractivity contribution in [1.82, 2.24) is 10.6 Å². The molecule has 0 bridgehead atoms. The molecule has 1 saturated carbocycles. The maximum Gasteiger partial charge on any atom is 0.228 e. The van der Waals surface area contributed by atoms with E-state index >= 15 is 0 Å². The van der Waals surface area contributed by atoms with Gasteiger partial charge in [0.05, 0.1) is 11.5 Å². The Hall–Kier alpha value is -1.06. The molecule has 23 heavy (non-hydrogen) atoms. The second-order valence-electron chi connectivity index (χ2n) is 7.50. The maximum absolute atomic E-state index is 13.1. The second kappa shape index (κ2) is 6.45. The monoisotopic (exact) mass is 334 g/mol. The van der Waals surface area contributed by atoms with E-state index in [0.717, 1.165) is 32.4 Å². The van der Waals surface area contributed by atoms with Gasteiger partial charge in [-0.1, -0.05) is 36.6 Å². The molecule has 0 radical (unpaired) electrons. The molecule has 1 unspecified atom stereocenters. The van der Waals surface area contributed by atoms with Crippen molar-refractivity contribution >= 4 is 18.3 Å². The zero-order valence-corrected chi connectivity index (χ0v) is 14.7. The molecule has 2 aliphatic carbocycles. The molecule has 1 saturated heterocycles. The number of hydrogen-bond acceptors (Lipinski definition) is 2. The molecule has 1 amide bonds. The number of nitrogens with one attached hydrogen (secondary N) is 2. The SMILES string of the molecule is Cc1ccc2c(c1)CCC2NC(=O)[C@@]12CCCC[C@H]1CNC2.Cl. The van der Waals surface area contributed by atoms with Gasteiger partial charge in [0.2, 0.25) is 5.91 Å². The molecule has 2 fully saturated rings. The number of rotatable bonds is 2. The Labute approximate surface area is 145 Å². The van der Waals surface area contributed by atoms with Crippen LogP contribution in [0.5, 0.6) is 0 Å². The van der Waals surface area contributed by atoms with Crippen LogP contribution >= 0.6 is 12.4 Å². The summed E-state index contributed by atoms with van der Waals surface area (Å²) >= 11 is 0. The summed E-state index contributed by atoms with van der Waals surface area (Å²) in [6.45, 7) is 4.03. The first-order valence-electron chi connectivity index (χ1n) is 8.80. The number of halogens is 1. The van der Waals surface area contributed by atoms with Gasteiger partial charge in [-0.15, -0.1) is 12.4 Å². The van der Waals surface area contributed by atoms with E-state index in [-0.39, 0.29) is 23.9 Å². The topological polar surface area (TPSA) is 41.1 Å². The van der Waals surface area contributed by atoms with E-state index in [1.165, 1.54) is 36.0 Å². The van der Waals surface area contributed by atoms with Gasteiger partial charge in [-0.25, -0.2) is 0 Å². The van der Waals surface area contributed by atoms with Crippen LogP contribution in [0.3, 0.4) is 0 Å². The predicted molar refractivity (Wildman–Crippen MR) is 94.9 cm³/mol. The van der Waals surface area contributed by atoms with Crippen molar-refractivity contribution in [2.45, 2.75) is 51.5 Å². The Morgan fingerprint density at radius 2 is 2.17 bits per heavy atom. The summed E-state index contributed by atoms with van der Waals surface area (Å²) in [6.07, 6.45) is 6.90. The molecule has 126 valence electrons. The largest absolute Gasteiger partial charge is 0.349 e. The Kier molecular flexibility index (Phi) is 4.70. The van der Waals surface area contributed by atoms with E-state index in [1.54, 1.807) is 0 Å². The Bertz CT molecular complexity index is 603. The molecule has 1 heterocycles. The lowest BCUT2D eigenvalue weighted by Crippen LogP contribution is -2.48. The van der Waals surface area contributed by atoms with Crippen molar-refractivity contribution in [1.29, 1.82) is 0 Å². The molecule has 3 atom stereocenters. The molecule has 2 N–H and O–H groups in total. The van der Waals surface area contributed by atoms with Crippen molar-refractivity contribution in [3.8, 4) is 0 Å². The molecular formula is C19H27ClN2O. The van der Waals surface area contributed by atoms with Crippen LogP contribution in [0.15, 0.2) is 18.2 Å². The first kappa shape index (κ1) is 16.8. The van der Waals surface area contributed by atoms with E-state index in [1.807, 2.05) is 0 Å². The van der Waals surface area contributed by atoms with Crippen LogP contribution in [0.4, 0.5) is 0 Å². The third-order valence-corrected chi connectivity index (χ3v) is 6.17. The molecule has 1 aromatic carbocycles. The Morgan fingerprint density at radius 1 is 1.30 bits per heavy atom. The van der Waals surface area contributed by atoms with Gasteiger partial charge in [0.1, 0.15) is 0 Å². The molecule has 4 rings (SSSR count). The zero-order valence-electron chi connectivity index (χ0n) is 13.9. The van der Waals surface area contributed by atoms with E-state index in [0.29, 0.717) is 11.8 Å². The fourth-order valence-electron chi connectivity index (χ4n) is 4.89. The molecule has 3 nitrogen and oxygen atoms in total. The third-order valence-electron chi connectivity index (χ3n) is 6.17. The molecule has 1 aromatic rings. The van der Waals surface area contributed by atoms with Crippen LogP contribution in [-0.4, -0.2) is 19.0 Å². The summed E-state index contributed by atoms with van der Waals surface area (Å²) in [7, 11) is 0. The highest BCUT2D eigenvalue weighted by Gasteiger charge is 2.50. The van der Waals surface area contributed by atoms with Crippen LogP contribution < -0.4 is 10.6 Å². The Balaban J connectivity index is 0.00000156.